The Labute approximate surface area is 273 Å². The number of nitrogens with zero attached hydrogens (tertiary/aromatic N) is 3. The van der Waals surface area contributed by atoms with E-state index in [0.717, 1.165) is 24.8 Å². The summed E-state index contributed by atoms with van der Waals surface area (Å²) in [5, 5.41) is 14.5. The zero-order chi connectivity index (χ0) is 32.9. The Hall–Kier alpha value is -3.44. The molecule has 1 saturated carbocycles. The lowest BCUT2D eigenvalue weighted by atomic mass is 9.83. The number of amides is 3. The summed E-state index contributed by atoms with van der Waals surface area (Å²) in [7, 11) is 1.58. The van der Waals surface area contributed by atoms with Crippen molar-refractivity contribution in [2.45, 2.75) is 102 Å². The van der Waals surface area contributed by atoms with Crippen LogP contribution in [0.2, 0.25) is 0 Å². The van der Waals surface area contributed by atoms with Crippen LogP contribution < -0.4 is 5.32 Å². The zero-order valence-electron chi connectivity index (χ0n) is 27.7. The molecule has 0 bridgehead atoms. The summed E-state index contributed by atoms with van der Waals surface area (Å²) in [6, 6.07) is 8.03. The largest absolute Gasteiger partial charge is 0.436 e. The average Bonchev–Trinajstić information content (AvgIpc) is 3.59. The smallest absolute Gasteiger partial charge is 0.410 e. The maximum Gasteiger partial charge on any atom is 0.410 e. The van der Waals surface area contributed by atoms with Gasteiger partial charge in [0.1, 0.15) is 6.04 Å². The topological polar surface area (TPSA) is 137 Å². The van der Waals surface area contributed by atoms with Crippen LogP contribution in [0, 0.1) is 11.8 Å². The molecule has 254 valence electrons. The van der Waals surface area contributed by atoms with Crippen molar-refractivity contribution in [3.05, 3.63) is 54.1 Å². The molecule has 1 aromatic heterocycles. The molecule has 0 radical (unpaired) electrons. The minimum atomic E-state index is -1.14. The molecule has 2 aliphatic rings. The van der Waals surface area contributed by atoms with Gasteiger partial charge in [-0.1, -0.05) is 76.3 Å². The minimum Gasteiger partial charge on any atom is -0.436 e. The van der Waals surface area contributed by atoms with Gasteiger partial charge >= 0.3 is 6.09 Å². The third-order valence-electron chi connectivity index (χ3n) is 9.28. The predicted molar refractivity (Wildman–Crippen MR) is 175 cm³/mol. The van der Waals surface area contributed by atoms with E-state index in [9.17, 15) is 19.5 Å². The summed E-state index contributed by atoms with van der Waals surface area (Å²) in [6.45, 7) is 5.83. The summed E-state index contributed by atoms with van der Waals surface area (Å²) in [5.41, 5.74) is 1.52. The van der Waals surface area contributed by atoms with Crippen molar-refractivity contribution in [1.82, 2.24) is 25.1 Å². The van der Waals surface area contributed by atoms with Crippen LogP contribution in [0.25, 0.3) is 0 Å². The number of benzene rings is 1. The molecule has 3 N–H and O–H groups in total. The predicted octanol–water partition coefficient (Wildman–Crippen LogP) is 4.11. The van der Waals surface area contributed by atoms with Gasteiger partial charge in [-0.25, -0.2) is 9.78 Å². The molecule has 2 fully saturated rings. The highest BCUT2D eigenvalue weighted by Gasteiger charge is 2.37. The van der Waals surface area contributed by atoms with Crippen molar-refractivity contribution < 1.29 is 29.0 Å². The van der Waals surface area contributed by atoms with Crippen LogP contribution in [0.4, 0.5) is 4.79 Å². The molecule has 46 heavy (non-hydrogen) atoms. The van der Waals surface area contributed by atoms with E-state index in [1.807, 2.05) is 30.3 Å². The highest BCUT2D eigenvalue weighted by Crippen LogP contribution is 2.29. The molecule has 4 rings (SSSR count). The van der Waals surface area contributed by atoms with E-state index in [4.69, 9.17) is 9.47 Å². The maximum absolute atomic E-state index is 14.2. The Bertz CT molecular complexity index is 1200. The molecule has 2 aromatic rings. The Morgan fingerprint density at radius 3 is 2.46 bits per heavy atom. The molecule has 1 aromatic carbocycles. The van der Waals surface area contributed by atoms with Gasteiger partial charge in [-0.3, -0.25) is 9.59 Å². The first-order chi connectivity index (χ1) is 22.2. The molecule has 1 aliphatic carbocycles. The first-order valence-corrected chi connectivity index (χ1v) is 17.0. The molecule has 11 nitrogen and oxygen atoms in total. The molecule has 0 spiro atoms. The van der Waals surface area contributed by atoms with Crippen molar-refractivity contribution in [3.63, 3.8) is 0 Å². The van der Waals surface area contributed by atoms with Gasteiger partial charge in [0.25, 0.3) is 5.91 Å². The van der Waals surface area contributed by atoms with Gasteiger partial charge in [-0.2, -0.15) is 0 Å². The fourth-order valence-corrected chi connectivity index (χ4v) is 6.42. The minimum absolute atomic E-state index is 0.163. The Kier molecular flexibility index (Phi) is 13.9. The molecule has 2 heterocycles. The highest BCUT2D eigenvalue weighted by atomic mass is 16.6. The summed E-state index contributed by atoms with van der Waals surface area (Å²) in [4.78, 5) is 51.6. The van der Waals surface area contributed by atoms with Gasteiger partial charge in [0.05, 0.1) is 31.7 Å². The van der Waals surface area contributed by atoms with Crippen LogP contribution in [-0.2, 0) is 31.9 Å². The highest BCUT2D eigenvalue weighted by molar-refractivity contribution is 5.90. The second kappa shape index (κ2) is 18.0. The van der Waals surface area contributed by atoms with Gasteiger partial charge in [0.15, 0.2) is 6.10 Å². The number of nitrogens with one attached hydrogen (secondary N) is 2. The number of hydrogen-bond acceptors (Lipinski definition) is 7. The molecular weight excluding hydrogens is 586 g/mol. The standard InChI is InChI=1S/C35H53N5O6/c1-25(2)14-15-31(41)29(20-26-10-6-4-7-11-26)38-33(42)30(22-28-23-36-24-37-28)39(3)34(43)32(21-27-12-8-5-9-13-27)46-35(44)40-16-18-45-19-17-40/h5,8-9,12-13,23-26,29-32,41H,4,6-7,10-11,14-22H2,1-3H3,(H,36,37)(H,38,42)/t29-,30-,31-,32-/m0/s1. The van der Waals surface area contributed by atoms with Crippen molar-refractivity contribution in [2.24, 2.45) is 11.8 Å². The summed E-state index contributed by atoms with van der Waals surface area (Å²) >= 11 is 0. The van der Waals surface area contributed by atoms with E-state index < -0.39 is 36.3 Å². The number of aliphatic hydroxyl groups excluding tert-OH is 1. The van der Waals surface area contributed by atoms with Gasteiger partial charge < -0.3 is 34.7 Å². The first kappa shape index (κ1) is 35.4. The van der Waals surface area contributed by atoms with Crippen LogP contribution in [0.3, 0.4) is 0 Å². The number of imidazole rings is 1. The molecule has 1 aliphatic heterocycles. The second-order valence-electron chi connectivity index (χ2n) is 13.3. The summed E-state index contributed by atoms with van der Waals surface area (Å²) < 4.78 is 11.2. The van der Waals surface area contributed by atoms with Crippen LogP contribution >= 0.6 is 0 Å². The molecule has 0 unspecified atom stereocenters. The van der Waals surface area contributed by atoms with Crippen molar-refractivity contribution in [2.75, 3.05) is 33.4 Å². The Morgan fingerprint density at radius 2 is 1.80 bits per heavy atom. The van der Waals surface area contributed by atoms with E-state index >= 15 is 0 Å². The first-order valence-electron chi connectivity index (χ1n) is 17.0. The number of carbonyl (C=O) groups is 3. The van der Waals surface area contributed by atoms with Gasteiger partial charge in [0.2, 0.25) is 5.91 Å². The monoisotopic (exact) mass is 639 g/mol. The third-order valence-corrected chi connectivity index (χ3v) is 9.28. The van der Waals surface area contributed by atoms with Crippen molar-refractivity contribution in [1.29, 1.82) is 0 Å². The van der Waals surface area contributed by atoms with Crippen LogP contribution in [-0.4, -0.2) is 100 Å². The summed E-state index contributed by atoms with van der Waals surface area (Å²) in [6.07, 6.45) is 8.98. The zero-order valence-corrected chi connectivity index (χ0v) is 27.7. The summed E-state index contributed by atoms with van der Waals surface area (Å²) in [5.74, 6) is 0.0365. The lowest BCUT2D eigenvalue weighted by Gasteiger charge is -2.35. The molecule has 4 atom stereocenters. The van der Waals surface area contributed by atoms with E-state index in [1.165, 1.54) is 35.4 Å². The Morgan fingerprint density at radius 1 is 1.09 bits per heavy atom. The number of carbonyl (C=O) groups excluding carboxylic acids is 3. The number of likely N-dealkylation sites (N-methyl/N-ethyl adjacent to an activating group) is 1. The number of aliphatic hydroxyl groups is 1. The number of aromatic amines is 1. The number of hydrogen-bond donors (Lipinski definition) is 3. The molecule has 1 saturated heterocycles. The molecule has 3 amide bonds. The van der Waals surface area contributed by atoms with Crippen LogP contribution in [0.15, 0.2) is 42.9 Å². The number of aromatic nitrogens is 2. The van der Waals surface area contributed by atoms with Crippen LogP contribution in [0.5, 0.6) is 0 Å². The van der Waals surface area contributed by atoms with Crippen LogP contribution in [0.1, 0.15) is 76.5 Å². The van der Waals surface area contributed by atoms with E-state index in [2.05, 4.69) is 29.1 Å². The van der Waals surface area contributed by atoms with E-state index in [0.29, 0.717) is 56.7 Å². The number of H-pyrrole nitrogens is 1. The van der Waals surface area contributed by atoms with E-state index in [1.54, 1.807) is 13.2 Å². The third kappa shape index (κ3) is 10.8. The van der Waals surface area contributed by atoms with Crippen molar-refractivity contribution in [3.8, 4) is 0 Å². The Balaban J connectivity index is 1.55. The lowest BCUT2D eigenvalue weighted by molar-refractivity contribution is -0.146. The SMILES string of the molecule is CC(C)CC[C@H](O)[C@H](CC1CCCCC1)NC(=O)[C@H](Cc1cnc[nH]1)N(C)C(=O)[C@H](Cc1ccccc1)OC(=O)N1CCOCC1. The quantitative estimate of drug-likeness (QED) is 0.267. The fourth-order valence-electron chi connectivity index (χ4n) is 6.42. The van der Waals surface area contributed by atoms with Crippen molar-refractivity contribution >= 4 is 17.9 Å². The van der Waals surface area contributed by atoms with Gasteiger partial charge in [0, 0.05) is 44.9 Å². The normalized spacial score (nSPS) is 18.4. The van der Waals surface area contributed by atoms with Gasteiger partial charge in [-0.05, 0) is 36.7 Å². The average molecular weight is 640 g/mol. The number of ether oxygens (including phenoxy) is 2. The number of morpholine rings is 1. The maximum atomic E-state index is 14.2. The lowest BCUT2D eigenvalue weighted by Crippen LogP contribution is -2.56. The second-order valence-corrected chi connectivity index (χ2v) is 13.3. The van der Waals surface area contributed by atoms with E-state index in [-0.39, 0.29) is 18.7 Å². The molecular formula is C35H53N5O6. The molecule has 11 heteroatoms. The number of rotatable bonds is 15. The van der Waals surface area contributed by atoms with Gasteiger partial charge in [-0.15, -0.1) is 0 Å². The fraction of sp³-hybridized carbons (Fsp3) is 0.657.